The van der Waals surface area contributed by atoms with Crippen LogP contribution < -0.4 is 5.73 Å². The van der Waals surface area contributed by atoms with Gasteiger partial charge in [0.1, 0.15) is 0 Å². The largest absolute Gasteiger partial charge is 0.378 e. The molecule has 0 aromatic carbocycles. The van der Waals surface area contributed by atoms with Crippen molar-refractivity contribution in [1.82, 2.24) is 50.4 Å². The number of rotatable bonds is 5. The van der Waals surface area contributed by atoms with E-state index in [2.05, 4.69) is 45.7 Å². The van der Waals surface area contributed by atoms with E-state index >= 15 is 0 Å². The molecule has 3 N–H and O–H groups in total. The number of pyridine rings is 1. The SMILES string of the molecule is Cl.Cl.Nc1nonc1-n1nnc(-c2nc(-c3ccncc3)n[nH]2)c1CN1CCCCC1. The summed E-state index contributed by atoms with van der Waals surface area (Å²) in [5.74, 6) is 1.54. The molecule has 14 heteroatoms. The van der Waals surface area contributed by atoms with Crippen LogP contribution in [0.4, 0.5) is 5.82 Å². The molecule has 1 aliphatic rings. The molecule has 0 amide bonds. The lowest BCUT2D eigenvalue weighted by Gasteiger charge is -2.26. The van der Waals surface area contributed by atoms with Gasteiger partial charge in [-0.3, -0.25) is 15.0 Å². The van der Waals surface area contributed by atoms with Crippen molar-refractivity contribution < 1.29 is 4.63 Å². The summed E-state index contributed by atoms with van der Waals surface area (Å²) in [6.07, 6.45) is 6.98. The summed E-state index contributed by atoms with van der Waals surface area (Å²) in [5, 5.41) is 23.4. The smallest absolute Gasteiger partial charge is 0.243 e. The molecule has 0 aliphatic carbocycles. The monoisotopic (exact) mass is 465 g/mol. The van der Waals surface area contributed by atoms with Crippen LogP contribution in [0.2, 0.25) is 0 Å². The average Bonchev–Trinajstić information content (AvgIpc) is 3.49. The molecule has 4 aromatic rings. The van der Waals surface area contributed by atoms with E-state index in [1.165, 1.54) is 19.3 Å². The lowest BCUT2D eigenvalue weighted by molar-refractivity contribution is 0.217. The van der Waals surface area contributed by atoms with Gasteiger partial charge in [0.15, 0.2) is 17.3 Å². The van der Waals surface area contributed by atoms with E-state index in [-0.39, 0.29) is 30.6 Å². The van der Waals surface area contributed by atoms with E-state index in [9.17, 15) is 0 Å². The van der Waals surface area contributed by atoms with Crippen molar-refractivity contribution in [3.05, 3.63) is 30.2 Å². The molecular formula is C17H21Cl2N11O. The molecule has 4 aromatic heterocycles. The second-order valence-corrected chi connectivity index (χ2v) is 6.85. The number of anilines is 1. The van der Waals surface area contributed by atoms with Gasteiger partial charge < -0.3 is 5.73 Å². The Labute approximate surface area is 189 Å². The molecule has 0 spiro atoms. The molecule has 5 heterocycles. The maximum absolute atomic E-state index is 5.89. The van der Waals surface area contributed by atoms with E-state index in [0.29, 0.717) is 29.7 Å². The topological polar surface area (TPSA) is 153 Å². The number of likely N-dealkylation sites (tertiary alicyclic amines) is 1. The van der Waals surface area contributed by atoms with Gasteiger partial charge in [0.25, 0.3) is 0 Å². The summed E-state index contributed by atoms with van der Waals surface area (Å²) >= 11 is 0. The maximum atomic E-state index is 5.89. The first-order valence-electron chi connectivity index (χ1n) is 9.38. The predicted octanol–water partition coefficient (Wildman–Crippen LogP) is 1.91. The first kappa shape index (κ1) is 22.6. The lowest BCUT2D eigenvalue weighted by Crippen LogP contribution is -2.30. The third-order valence-corrected chi connectivity index (χ3v) is 4.93. The van der Waals surface area contributed by atoms with Crippen molar-refractivity contribution >= 4 is 30.6 Å². The summed E-state index contributed by atoms with van der Waals surface area (Å²) in [6.45, 7) is 2.64. The van der Waals surface area contributed by atoms with Crippen LogP contribution in [0.5, 0.6) is 0 Å². The highest BCUT2D eigenvalue weighted by molar-refractivity contribution is 5.85. The zero-order chi connectivity index (χ0) is 19.6. The van der Waals surface area contributed by atoms with Crippen molar-refractivity contribution in [2.75, 3.05) is 18.8 Å². The van der Waals surface area contributed by atoms with Crippen LogP contribution in [0.25, 0.3) is 28.7 Å². The molecule has 1 aliphatic heterocycles. The predicted molar refractivity (Wildman–Crippen MR) is 116 cm³/mol. The fraction of sp³-hybridized carbons (Fsp3) is 0.353. The maximum Gasteiger partial charge on any atom is 0.243 e. The van der Waals surface area contributed by atoms with Crippen LogP contribution in [0.3, 0.4) is 0 Å². The lowest BCUT2D eigenvalue weighted by atomic mass is 10.1. The van der Waals surface area contributed by atoms with E-state index in [1.54, 1.807) is 17.1 Å². The normalized spacial score (nSPS) is 14.1. The second-order valence-electron chi connectivity index (χ2n) is 6.85. The summed E-state index contributed by atoms with van der Waals surface area (Å²) in [5.41, 5.74) is 8.14. The van der Waals surface area contributed by atoms with Crippen LogP contribution in [-0.4, -0.2) is 63.5 Å². The number of nitrogen functional groups attached to an aromatic ring is 1. The van der Waals surface area contributed by atoms with Crippen molar-refractivity contribution in [3.63, 3.8) is 0 Å². The van der Waals surface area contributed by atoms with Gasteiger partial charge in [0.2, 0.25) is 11.6 Å². The van der Waals surface area contributed by atoms with Gasteiger partial charge in [0, 0.05) is 24.5 Å². The standard InChI is InChI=1S/C17H19N11O.2ClH/c18-14-17(25-29-24-14)28-12(10-27-8-2-1-3-9-27)13(21-26-28)16-20-15(22-23-16)11-4-6-19-7-5-11;;/h4-7H,1-3,8-10H2,(H2,18,24)(H,20,22,23);2*1H. The molecule has 164 valence electrons. The summed E-state index contributed by atoms with van der Waals surface area (Å²) in [4.78, 5) is 11.0. The number of piperidine rings is 1. The van der Waals surface area contributed by atoms with Gasteiger partial charge >= 0.3 is 0 Å². The zero-order valence-electron chi connectivity index (χ0n) is 16.4. The number of halogens is 2. The average molecular weight is 466 g/mol. The van der Waals surface area contributed by atoms with Gasteiger partial charge in [-0.1, -0.05) is 11.6 Å². The highest BCUT2D eigenvalue weighted by Gasteiger charge is 2.25. The van der Waals surface area contributed by atoms with Crippen molar-refractivity contribution in [1.29, 1.82) is 0 Å². The Morgan fingerprint density at radius 2 is 1.84 bits per heavy atom. The number of hydrogen-bond donors (Lipinski definition) is 2. The number of H-pyrrole nitrogens is 1. The molecule has 0 bridgehead atoms. The molecule has 0 radical (unpaired) electrons. The Hall–Kier alpha value is -3.09. The van der Waals surface area contributed by atoms with Gasteiger partial charge in [-0.25, -0.2) is 9.61 Å². The van der Waals surface area contributed by atoms with Crippen LogP contribution in [-0.2, 0) is 6.54 Å². The number of hydrogen-bond acceptors (Lipinski definition) is 10. The van der Waals surface area contributed by atoms with Crippen LogP contribution in [0.15, 0.2) is 29.2 Å². The highest BCUT2D eigenvalue weighted by atomic mass is 35.5. The summed E-state index contributed by atoms with van der Waals surface area (Å²) in [7, 11) is 0. The van der Waals surface area contributed by atoms with E-state index in [4.69, 9.17) is 10.4 Å². The number of aromatic amines is 1. The zero-order valence-corrected chi connectivity index (χ0v) is 18.0. The number of nitrogens with zero attached hydrogens (tertiary/aromatic N) is 9. The molecule has 5 rings (SSSR count). The Bertz CT molecular complexity index is 1100. The minimum Gasteiger partial charge on any atom is -0.378 e. The van der Waals surface area contributed by atoms with Crippen LogP contribution >= 0.6 is 24.8 Å². The first-order valence-corrected chi connectivity index (χ1v) is 9.38. The number of aromatic nitrogens is 9. The minimum atomic E-state index is 0. The summed E-state index contributed by atoms with van der Waals surface area (Å²) < 4.78 is 6.31. The Balaban J connectivity index is 0.00000136. The molecule has 12 nitrogen and oxygen atoms in total. The second kappa shape index (κ2) is 9.81. The highest BCUT2D eigenvalue weighted by Crippen LogP contribution is 2.26. The van der Waals surface area contributed by atoms with Crippen LogP contribution in [0.1, 0.15) is 25.0 Å². The van der Waals surface area contributed by atoms with E-state index in [1.807, 2.05) is 12.1 Å². The number of nitrogens with one attached hydrogen (secondary N) is 1. The Kier molecular flexibility index (Phi) is 7.15. The van der Waals surface area contributed by atoms with Gasteiger partial charge in [0.05, 0.1) is 5.69 Å². The quantitative estimate of drug-likeness (QED) is 0.446. The third kappa shape index (κ3) is 4.50. The molecule has 1 fully saturated rings. The van der Waals surface area contributed by atoms with Gasteiger partial charge in [-0.2, -0.15) is 9.78 Å². The fourth-order valence-electron chi connectivity index (χ4n) is 3.46. The van der Waals surface area contributed by atoms with Crippen molar-refractivity contribution in [2.24, 2.45) is 0 Å². The third-order valence-electron chi connectivity index (χ3n) is 4.93. The van der Waals surface area contributed by atoms with Gasteiger partial charge in [-0.05, 0) is 48.4 Å². The Morgan fingerprint density at radius 1 is 1.06 bits per heavy atom. The van der Waals surface area contributed by atoms with E-state index in [0.717, 1.165) is 24.3 Å². The van der Waals surface area contributed by atoms with Crippen molar-refractivity contribution in [2.45, 2.75) is 25.8 Å². The first-order chi connectivity index (χ1) is 14.3. The van der Waals surface area contributed by atoms with Crippen molar-refractivity contribution in [3.8, 4) is 28.7 Å². The summed E-state index contributed by atoms with van der Waals surface area (Å²) in [6, 6.07) is 3.69. The molecule has 31 heavy (non-hydrogen) atoms. The fourth-order valence-corrected chi connectivity index (χ4v) is 3.46. The van der Waals surface area contributed by atoms with Crippen LogP contribution in [0, 0.1) is 0 Å². The molecule has 0 saturated carbocycles. The minimum absolute atomic E-state index is 0. The van der Waals surface area contributed by atoms with E-state index < -0.39 is 0 Å². The number of nitrogens with two attached hydrogens (primary N) is 1. The molecular weight excluding hydrogens is 445 g/mol. The van der Waals surface area contributed by atoms with Gasteiger partial charge in [-0.15, -0.1) is 29.9 Å². The molecule has 0 unspecified atom stereocenters. The molecule has 0 atom stereocenters. The molecule has 1 saturated heterocycles. The Morgan fingerprint density at radius 3 is 2.55 bits per heavy atom.